The number of halogens is 3. The molecule has 0 spiro atoms. The summed E-state index contributed by atoms with van der Waals surface area (Å²) in [6, 6.07) is 10.5. The fourth-order valence-corrected chi connectivity index (χ4v) is 2.16. The molecule has 1 N–H and O–H groups in total. The lowest BCUT2D eigenvalue weighted by atomic mass is 10.2. The first kappa shape index (κ1) is 16.5. The second-order valence-corrected chi connectivity index (χ2v) is 5.55. The number of amides is 1. The Hall–Kier alpha value is -1.92. The van der Waals surface area contributed by atoms with Gasteiger partial charge in [-0.25, -0.2) is 9.18 Å². The van der Waals surface area contributed by atoms with Crippen LogP contribution in [0.1, 0.15) is 10.4 Å². The van der Waals surface area contributed by atoms with Crippen molar-refractivity contribution in [3.8, 4) is 0 Å². The molecule has 0 radical (unpaired) electrons. The number of carbonyl (C=O) groups is 2. The Kier molecular flexibility index (Phi) is 5.51. The Morgan fingerprint density at radius 2 is 1.95 bits per heavy atom. The van der Waals surface area contributed by atoms with Gasteiger partial charge < -0.3 is 10.1 Å². The van der Waals surface area contributed by atoms with E-state index in [0.717, 1.165) is 0 Å². The van der Waals surface area contributed by atoms with Gasteiger partial charge in [-0.3, -0.25) is 4.79 Å². The number of ether oxygens (including phenoxy) is 1. The molecule has 1 amide bonds. The summed E-state index contributed by atoms with van der Waals surface area (Å²) in [7, 11) is 0. The number of nitrogens with one attached hydrogen (secondary N) is 1. The van der Waals surface area contributed by atoms with E-state index >= 15 is 0 Å². The van der Waals surface area contributed by atoms with E-state index in [1.54, 1.807) is 18.2 Å². The normalized spacial score (nSPS) is 10.1. The maximum Gasteiger partial charge on any atom is 0.340 e. The summed E-state index contributed by atoms with van der Waals surface area (Å²) >= 11 is 8.95. The molecule has 114 valence electrons. The first-order valence-electron chi connectivity index (χ1n) is 6.14. The molecular formula is C15H10BrClFNO3. The molecule has 4 nitrogen and oxygen atoms in total. The third-order valence-corrected chi connectivity index (χ3v) is 3.46. The van der Waals surface area contributed by atoms with Crippen LogP contribution in [0, 0.1) is 5.82 Å². The zero-order chi connectivity index (χ0) is 16.1. The summed E-state index contributed by atoms with van der Waals surface area (Å²) in [6.45, 7) is -0.542. The maximum absolute atomic E-state index is 13.6. The number of rotatable bonds is 4. The molecule has 0 saturated carbocycles. The summed E-state index contributed by atoms with van der Waals surface area (Å²) in [5, 5.41) is 2.54. The predicted molar refractivity (Wildman–Crippen MR) is 84.5 cm³/mol. The number of esters is 1. The van der Waals surface area contributed by atoms with E-state index in [-0.39, 0.29) is 16.3 Å². The van der Waals surface area contributed by atoms with Crippen molar-refractivity contribution in [3.63, 3.8) is 0 Å². The third kappa shape index (κ3) is 4.29. The van der Waals surface area contributed by atoms with Crippen molar-refractivity contribution >= 4 is 45.1 Å². The Morgan fingerprint density at radius 1 is 1.23 bits per heavy atom. The van der Waals surface area contributed by atoms with Gasteiger partial charge in [-0.15, -0.1) is 0 Å². The highest BCUT2D eigenvalue weighted by molar-refractivity contribution is 9.10. The second-order valence-electron chi connectivity index (χ2n) is 4.23. The fourth-order valence-electron chi connectivity index (χ4n) is 1.61. The minimum absolute atomic E-state index is 0.00184. The Bertz CT molecular complexity index is 724. The van der Waals surface area contributed by atoms with E-state index in [1.165, 1.54) is 24.3 Å². The van der Waals surface area contributed by atoms with Gasteiger partial charge in [0.15, 0.2) is 6.61 Å². The Morgan fingerprint density at radius 3 is 2.64 bits per heavy atom. The van der Waals surface area contributed by atoms with E-state index in [0.29, 0.717) is 4.47 Å². The lowest BCUT2D eigenvalue weighted by Crippen LogP contribution is -2.21. The molecule has 0 bridgehead atoms. The van der Waals surface area contributed by atoms with E-state index in [9.17, 15) is 14.0 Å². The van der Waals surface area contributed by atoms with Crippen LogP contribution in [0.25, 0.3) is 0 Å². The summed E-state index contributed by atoms with van der Waals surface area (Å²) in [5.74, 6) is -1.97. The largest absolute Gasteiger partial charge is 0.452 e. The molecule has 0 unspecified atom stereocenters. The Labute approximate surface area is 139 Å². The minimum Gasteiger partial charge on any atom is -0.452 e. The smallest absolute Gasteiger partial charge is 0.340 e. The fraction of sp³-hybridized carbons (Fsp3) is 0.0667. The highest BCUT2D eigenvalue weighted by atomic mass is 79.9. The van der Waals surface area contributed by atoms with Crippen LogP contribution in [0.5, 0.6) is 0 Å². The van der Waals surface area contributed by atoms with Gasteiger partial charge in [0.2, 0.25) is 0 Å². The first-order chi connectivity index (χ1) is 10.5. The lowest BCUT2D eigenvalue weighted by Gasteiger charge is -2.08. The molecule has 7 heteroatoms. The van der Waals surface area contributed by atoms with Crippen molar-refractivity contribution < 1.29 is 18.7 Å². The number of anilines is 1. The topological polar surface area (TPSA) is 55.4 Å². The van der Waals surface area contributed by atoms with Gasteiger partial charge in [-0.05, 0) is 30.3 Å². The highest BCUT2D eigenvalue weighted by Gasteiger charge is 2.14. The SMILES string of the molecule is O=C(COC(=O)c1ccccc1Cl)Nc1ccc(Br)cc1F. The first-order valence-corrected chi connectivity index (χ1v) is 7.31. The molecule has 0 heterocycles. The zero-order valence-electron chi connectivity index (χ0n) is 11.1. The van der Waals surface area contributed by atoms with Gasteiger partial charge in [-0.2, -0.15) is 0 Å². The van der Waals surface area contributed by atoms with E-state index in [4.69, 9.17) is 16.3 Å². The van der Waals surface area contributed by atoms with E-state index in [2.05, 4.69) is 21.2 Å². The van der Waals surface area contributed by atoms with Gasteiger partial charge >= 0.3 is 5.97 Å². The summed E-state index contributed by atoms with van der Waals surface area (Å²) in [4.78, 5) is 23.4. The molecule has 0 fully saturated rings. The average molecular weight is 387 g/mol. The van der Waals surface area contributed by atoms with Crippen LogP contribution in [-0.4, -0.2) is 18.5 Å². The molecule has 22 heavy (non-hydrogen) atoms. The molecule has 0 aromatic heterocycles. The van der Waals surface area contributed by atoms with Crippen LogP contribution in [-0.2, 0) is 9.53 Å². The van der Waals surface area contributed by atoms with Crippen LogP contribution in [0.3, 0.4) is 0 Å². The molecule has 0 aliphatic carbocycles. The van der Waals surface area contributed by atoms with Crippen molar-refractivity contribution in [2.75, 3.05) is 11.9 Å². The Balaban J connectivity index is 1.93. The molecule has 0 aliphatic heterocycles. The monoisotopic (exact) mass is 385 g/mol. The number of benzene rings is 2. The molecule has 2 aromatic rings. The van der Waals surface area contributed by atoms with Gasteiger partial charge in [0.1, 0.15) is 5.82 Å². The van der Waals surface area contributed by atoms with Crippen molar-refractivity contribution in [1.82, 2.24) is 0 Å². The maximum atomic E-state index is 13.6. The highest BCUT2D eigenvalue weighted by Crippen LogP contribution is 2.19. The van der Waals surface area contributed by atoms with Crippen LogP contribution >= 0.6 is 27.5 Å². The summed E-state index contributed by atoms with van der Waals surface area (Å²) in [6.07, 6.45) is 0. The molecule has 2 rings (SSSR count). The minimum atomic E-state index is -0.725. The van der Waals surface area contributed by atoms with Crippen molar-refractivity contribution in [2.45, 2.75) is 0 Å². The molecule has 0 aliphatic rings. The van der Waals surface area contributed by atoms with Gasteiger partial charge in [0, 0.05) is 4.47 Å². The second kappa shape index (κ2) is 7.38. The van der Waals surface area contributed by atoms with Gasteiger partial charge in [-0.1, -0.05) is 39.7 Å². The number of hydrogen-bond donors (Lipinski definition) is 1. The lowest BCUT2D eigenvalue weighted by molar-refractivity contribution is -0.119. The van der Waals surface area contributed by atoms with Gasteiger partial charge in [0.05, 0.1) is 16.3 Å². The summed E-state index contributed by atoms with van der Waals surface area (Å²) in [5.41, 5.74) is 0.161. The predicted octanol–water partition coefficient (Wildman–Crippen LogP) is 4.04. The van der Waals surface area contributed by atoms with Crippen molar-refractivity contribution in [1.29, 1.82) is 0 Å². The van der Waals surface area contributed by atoms with Crippen LogP contribution in [0.4, 0.5) is 10.1 Å². The van der Waals surface area contributed by atoms with E-state index < -0.39 is 24.3 Å². The van der Waals surface area contributed by atoms with E-state index in [1.807, 2.05) is 0 Å². The third-order valence-electron chi connectivity index (χ3n) is 2.63. The standard InChI is InChI=1S/C15H10BrClFNO3/c16-9-5-6-13(12(18)7-9)19-14(20)8-22-15(21)10-3-1-2-4-11(10)17/h1-7H,8H2,(H,19,20). The molecule has 0 atom stereocenters. The zero-order valence-corrected chi connectivity index (χ0v) is 13.4. The van der Waals surface area contributed by atoms with Crippen molar-refractivity contribution in [3.05, 3.63) is 63.3 Å². The van der Waals surface area contributed by atoms with Crippen LogP contribution < -0.4 is 5.32 Å². The number of carbonyl (C=O) groups excluding carboxylic acids is 2. The van der Waals surface area contributed by atoms with Crippen molar-refractivity contribution in [2.24, 2.45) is 0 Å². The van der Waals surface area contributed by atoms with Crippen LogP contribution in [0.2, 0.25) is 5.02 Å². The molecule has 2 aromatic carbocycles. The van der Waals surface area contributed by atoms with Gasteiger partial charge in [0.25, 0.3) is 5.91 Å². The average Bonchev–Trinajstić information content (AvgIpc) is 2.48. The summed E-state index contributed by atoms with van der Waals surface area (Å²) < 4.78 is 18.9. The number of hydrogen-bond acceptors (Lipinski definition) is 3. The quantitative estimate of drug-likeness (QED) is 0.807. The molecular weight excluding hydrogens is 377 g/mol. The molecule has 0 saturated heterocycles. The van der Waals surface area contributed by atoms with Crippen LogP contribution in [0.15, 0.2) is 46.9 Å².